The Morgan fingerprint density at radius 3 is 2.50 bits per heavy atom. The zero-order chi connectivity index (χ0) is 11.0. The van der Waals surface area contributed by atoms with Crippen molar-refractivity contribution in [3.63, 3.8) is 0 Å². The molecule has 1 aromatic rings. The van der Waals surface area contributed by atoms with Crippen molar-refractivity contribution in [2.24, 2.45) is 0 Å². The van der Waals surface area contributed by atoms with E-state index in [1.54, 1.807) is 0 Å². The number of halogens is 1. The summed E-state index contributed by atoms with van der Waals surface area (Å²) in [7, 11) is 0. The van der Waals surface area contributed by atoms with Gasteiger partial charge in [-0.2, -0.15) is 0 Å². The van der Waals surface area contributed by atoms with Gasteiger partial charge in [-0.05, 0) is 53.7 Å². The third kappa shape index (κ3) is 2.11. The van der Waals surface area contributed by atoms with Crippen molar-refractivity contribution in [3.05, 3.63) is 28.7 Å². The molecule has 2 atom stereocenters. The fourth-order valence-electron chi connectivity index (χ4n) is 2.97. The standard InChI is InChI=1S/C13H17BrN2/c14-12-3-1-2-4-13(12)16-11-7-9-5-6-10(8-11)15-9/h1-4,9-11,15-16H,5-8H2. The fraction of sp³-hybridized carbons (Fsp3) is 0.538. The normalized spacial score (nSPS) is 32.7. The smallest absolute Gasteiger partial charge is 0.0486 e. The molecule has 2 heterocycles. The van der Waals surface area contributed by atoms with Gasteiger partial charge in [0, 0.05) is 28.3 Å². The van der Waals surface area contributed by atoms with E-state index in [4.69, 9.17) is 0 Å². The zero-order valence-electron chi connectivity index (χ0n) is 9.25. The number of para-hydroxylation sites is 1. The van der Waals surface area contributed by atoms with Gasteiger partial charge >= 0.3 is 0 Å². The molecule has 2 fully saturated rings. The molecule has 86 valence electrons. The zero-order valence-corrected chi connectivity index (χ0v) is 10.8. The maximum absolute atomic E-state index is 3.67. The van der Waals surface area contributed by atoms with Gasteiger partial charge < -0.3 is 10.6 Å². The van der Waals surface area contributed by atoms with Gasteiger partial charge in [0.2, 0.25) is 0 Å². The molecule has 2 aliphatic heterocycles. The average molecular weight is 281 g/mol. The number of nitrogens with one attached hydrogen (secondary N) is 2. The Labute approximate surface area is 105 Å². The van der Waals surface area contributed by atoms with Crippen LogP contribution in [0.3, 0.4) is 0 Å². The monoisotopic (exact) mass is 280 g/mol. The van der Waals surface area contributed by atoms with Crippen LogP contribution in [0.15, 0.2) is 28.7 Å². The van der Waals surface area contributed by atoms with E-state index in [0.717, 1.165) is 12.1 Å². The van der Waals surface area contributed by atoms with E-state index >= 15 is 0 Å². The number of piperidine rings is 1. The molecule has 0 aromatic heterocycles. The highest BCUT2D eigenvalue weighted by molar-refractivity contribution is 9.10. The lowest BCUT2D eigenvalue weighted by molar-refractivity contribution is 0.378. The second kappa shape index (κ2) is 4.38. The van der Waals surface area contributed by atoms with Gasteiger partial charge in [0.1, 0.15) is 0 Å². The van der Waals surface area contributed by atoms with Crippen molar-refractivity contribution < 1.29 is 0 Å². The minimum absolute atomic E-state index is 0.637. The van der Waals surface area contributed by atoms with Crippen LogP contribution >= 0.6 is 15.9 Å². The molecule has 0 aliphatic carbocycles. The Hall–Kier alpha value is -0.540. The molecule has 2 saturated heterocycles. The summed E-state index contributed by atoms with van der Waals surface area (Å²) in [6, 6.07) is 10.5. The SMILES string of the molecule is Brc1ccccc1NC1CC2CCC(C1)N2. The molecule has 2 N–H and O–H groups in total. The van der Waals surface area contributed by atoms with E-state index in [1.165, 1.54) is 35.8 Å². The van der Waals surface area contributed by atoms with E-state index in [1.807, 2.05) is 0 Å². The lowest BCUT2D eigenvalue weighted by Crippen LogP contribution is -2.43. The van der Waals surface area contributed by atoms with Crippen molar-refractivity contribution in [1.29, 1.82) is 0 Å². The first kappa shape index (κ1) is 10.6. The summed E-state index contributed by atoms with van der Waals surface area (Å²) >= 11 is 3.59. The summed E-state index contributed by atoms with van der Waals surface area (Å²) in [5.74, 6) is 0. The summed E-state index contributed by atoms with van der Waals surface area (Å²) in [6.07, 6.45) is 5.24. The molecule has 0 spiro atoms. The summed E-state index contributed by atoms with van der Waals surface area (Å²) in [5, 5.41) is 7.33. The molecule has 0 saturated carbocycles. The van der Waals surface area contributed by atoms with Gasteiger partial charge in [0.15, 0.2) is 0 Å². The van der Waals surface area contributed by atoms with E-state index in [9.17, 15) is 0 Å². The first-order chi connectivity index (χ1) is 7.81. The molecule has 16 heavy (non-hydrogen) atoms. The molecule has 2 nitrogen and oxygen atoms in total. The van der Waals surface area contributed by atoms with Crippen LogP contribution in [0.25, 0.3) is 0 Å². The predicted molar refractivity (Wildman–Crippen MR) is 70.7 cm³/mol. The number of hydrogen-bond donors (Lipinski definition) is 2. The summed E-state index contributed by atoms with van der Waals surface area (Å²) < 4.78 is 1.17. The van der Waals surface area contributed by atoms with Gasteiger partial charge in [0.05, 0.1) is 0 Å². The lowest BCUT2D eigenvalue weighted by atomic mass is 9.99. The van der Waals surface area contributed by atoms with Gasteiger partial charge in [-0.25, -0.2) is 0 Å². The molecule has 2 aliphatic rings. The van der Waals surface area contributed by atoms with Crippen LogP contribution in [0.1, 0.15) is 25.7 Å². The van der Waals surface area contributed by atoms with E-state index in [0.29, 0.717) is 6.04 Å². The van der Waals surface area contributed by atoms with Gasteiger partial charge in [-0.15, -0.1) is 0 Å². The van der Waals surface area contributed by atoms with Crippen LogP contribution in [-0.4, -0.2) is 18.1 Å². The Kier molecular flexibility index (Phi) is 2.90. The number of fused-ring (bicyclic) bond motifs is 2. The molecule has 1 aromatic carbocycles. The molecular weight excluding hydrogens is 264 g/mol. The molecule has 0 radical (unpaired) electrons. The van der Waals surface area contributed by atoms with Crippen LogP contribution in [0, 0.1) is 0 Å². The summed E-state index contributed by atoms with van der Waals surface area (Å²) in [6.45, 7) is 0. The van der Waals surface area contributed by atoms with Crippen LogP contribution in [-0.2, 0) is 0 Å². The molecule has 3 rings (SSSR count). The van der Waals surface area contributed by atoms with Crippen molar-refractivity contribution >= 4 is 21.6 Å². The molecule has 2 bridgehead atoms. The largest absolute Gasteiger partial charge is 0.381 e. The van der Waals surface area contributed by atoms with E-state index in [-0.39, 0.29) is 0 Å². The highest BCUT2D eigenvalue weighted by Crippen LogP contribution is 2.30. The highest BCUT2D eigenvalue weighted by atomic mass is 79.9. The Morgan fingerprint density at radius 1 is 1.12 bits per heavy atom. The lowest BCUT2D eigenvalue weighted by Gasteiger charge is -2.30. The summed E-state index contributed by atoms with van der Waals surface area (Å²) in [4.78, 5) is 0. The van der Waals surface area contributed by atoms with Crippen LogP contribution < -0.4 is 10.6 Å². The maximum Gasteiger partial charge on any atom is 0.0486 e. The van der Waals surface area contributed by atoms with E-state index in [2.05, 4.69) is 50.8 Å². The minimum Gasteiger partial charge on any atom is -0.381 e. The fourth-order valence-corrected chi connectivity index (χ4v) is 3.37. The van der Waals surface area contributed by atoms with Gasteiger partial charge in [0.25, 0.3) is 0 Å². The van der Waals surface area contributed by atoms with E-state index < -0.39 is 0 Å². The predicted octanol–water partition coefficient (Wildman–Crippen LogP) is 3.14. The Bertz CT molecular complexity index is 368. The van der Waals surface area contributed by atoms with Gasteiger partial charge in [-0.3, -0.25) is 0 Å². The third-order valence-electron chi connectivity index (χ3n) is 3.71. The number of hydrogen-bond acceptors (Lipinski definition) is 2. The molecule has 2 unspecified atom stereocenters. The highest BCUT2D eigenvalue weighted by Gasteiger charge is 2.33. The van der Waals surface area contributed by atoms with Crippen molar-refractivity contribution in [2.45, 2.75) is 43.8 Å². The van der Waals surface area contributed by atoms with Gasteiger partial charge in [-0.1, -0.05) is 12.1 Å². The van der Waals surface area contributed by atoms with Crippen LogP contribution in [0.5, 0.6) is 0 Å². The second-order valence-corrected chi connectivity index (χ2v) is 5.78. The molecule has 0 amide bonds. The Morgan fingerprint density at radius 2 is 1.81 bits per heavy atom. The first-order valence-electron chi connectivity index (χ1n) is 6.08. The summed E-state index contributed by atoms with van der Waals surface area (Å²) in [5.41, 5.74) is 1.23. The maximum atomic E-state index is 3.67. The topological polar surface area (TPSA) is 24.1 Å². The van der Waals surface area contributed by atoms with Crippen molar-refractivity contribution in [2.75, 3.05) is 5.32 Å². The number of benzene rings is 1. The second-order valence-electron chi connectivity index (χ2n) is 4.93. The Balaban J connectivity index is 1.69. The molecule has 3 heteroatoms. The third-order valence-corrected chi connectivity index (χ3v) is 4.40. The minimum atomic E-state index is 0.637. The number of rotatable bonds is 2. The average Bonchev–Trinajstić information content (AvgIpc) is 2.62. The van der Waals surface area contributed by atoms with Crippen molar-refractivity contribution in [1.82, 2.24) is 5.32 Å². The quantitative estimate of drug-likeness (QED) is 0.870. The molecular formula is C13H17BrN2. The number of anilines is 1. The van der Waals surface area contributed by atoms with Crippen LogP contribution in [0.2, 0.25) is 0 Å². The van der Waals surface area contributed by atoms with Crippen molar-refractivity contribution in [3.8, 4) is 0 Å². The first-order valence-corrected chi connectivity index (χ1v) is 6.87. The van der Waals surface area contributed by atoms with Crippen LogP contribution in [0.4, 0.5) is 5.69 Å².